The van der Waals surface area contributed by atoms with Gasteiger partial charge in [-0.2, -0.15) is 0 Å². The number of aromatic nitrogens is 2. The Balaban J connectivity index is 1.80. The number of benzene rings is 1. The smallest absolute Gasteiger partial charge is 0.146 e. The first-order chi connectivity index (χ1) is 8.75. The zero-order chi connectivity index (χ0) is 12.5. The van der Waals surface area contributed by atoms with E-state index in [0.29, 0.717) is 6.61 Å². The maximum Gasteiger partial charge on any atom is 0.146 e. The minimum atomic E-state index is 0.164. The average Bonchev–Trinajstić information content (AvgIpc) is 2.95. The van der Waals surface area contributed by atoms with Crippen molar-refractivity contribution in [2.75, 3.05) is 0 Å². The highest BCUT2D eigenvalue weighted by atomic mass is 16.5. The summed E-state index contributed by atoms with van der Waals surface area (Å²) in [4.78, 5) is 4.25. The Morgan fingerprint density at radius 3 is 3.17 bits per heavy atom. The third-order valence-electron chi connectivity index (χ3n) is 3.55. The van der Waals surface area contributed by atoms with Crippen LogP contribution in [0.15, 0.2) is 30.6 Å². The second kappa shape index (κ2) is 4.46. The Bertz CT molecular complexity index is 562. The first-order valence-electron chi connectivity index (χ1n) is 6.22. The van der Waals surface area contributed by atoms with Crippen LogP contribution in [0.5, 0.6) is 5.75 Å². The molecule has 18 heavy (non-hydrogen) atoms. The summed E-state index contributed by atoms with van der Waals surface area (Å²) in [6, 6.07) is 6.29. The number of nitrogens with zero attached hydrogens (tertiary/aromatic N) is 2. The fraction of sp³-hybridized carbons (Fsp3) is 0.357. The van der Waals surface area contributed by atoms with Gasteiger partial charge in [-0.3, -0.25) is 0 Å². The van der Waals surface area contributed by atoms with E-state index in [1.807, 2.05) is 29.9 Å². The van der Waals surface area contributed by atoms with Gasteiger partial charge in [0.25, 0.3) is 0 Å². The summed E-state index contributed by atoms with van der Waals surface area (Å²) in [5, 5.41) is 0. The molecule has 2 N–H and O–H groups in total. The van der Waals surface area contributed by atoms with Crippen molar-refractivity contribution in [2.24, 2.45) is 12.8 Å². The van der Waals surface area contributed by atoms with E-state index in [9.17, 15) is 0 Å². The zero-order valence-electron chi connectivity index (χ0n) is 10.5. The summed E-state index contributed by atoms with van der Waals surface area (Å²) >= 11 is 0. The number of nitrogens with two attached hydrogens (primary N) is 1. The standard InChI is InChI=1S/C14H17N3O/c1-17-8-7-16-14(17)9-18-13-4-2-3-10-11(13)5-6-12(10)15/h2-4,7-8,12H,5-6,9,15H2,1H3. The van der Waals surface area contributed by atoms with Crippen molar-refractivity contribution >= 4 is 0 Å². The molecule has 0 radical (unpaired) electrons. The van der Waals surface area contributed by atoms with Crippen LogP contribution in [0.25, 0.3) is 0 Å². The molecule has 1 aromatic heterocycles. The molecule has 4 heteroatoms. The predicted octanol–water partition coefficient (Wildman–Crippen LogP) is 1.95. The Labute approximate surface area is 106 Å². The number of rotatable bonds is 3. The molecule has 0 spiro atoms. The molecule has 0 aliphatic heterocycles. The first-order valence-corrected chi connectivity index (χ1v) is 6.22. The maximum atomic E-state index is 6.06. The molecule has 4 nitrogen and oxygen atoms in total. The van der Waals surface area contributed by atoms with E-state index in [2.05, 4.69) is 11.1 Å². The van der Waals surface area contributed by atoms with Crippen molar-refractivity contribution in [3.8, 4) is 5.75 Å². The quantitative estimate of drug-likeness (QED) is 0.896. The van der Waals surface area contributed by atoms with Gasteiger partial charge >= 0.3 is 0 Å². The highest BCUT2D eigenvalue weighted by Crippen LogP contribution is 2.35. The molecule has 0 amide bonds. The van der Waals surface area contributed by atoms with E-state index in [4.69, 9.17) is 10.5 Å². The van der Waals surface area contributed by atoms with E-state index in [-0.39, 0.29) is 6.04 Å². The Morgan fingerprint density at radius 1 is 1.50 bits per heavy atom. The number of hydrogen-bond donors (Lipinski definition) is 1. The molecule has 0 bridgehead atoms. The second-order valence-corrected chi connectivity index (χ2v) is 4.71. The summed E-state index contributed by atoms with van der Waals surface area (Å²) in [5.41, 5.74) is 8.55. The van der Waals surface area contributed by atoms with Gasteiger partial charge in [0.1, 0.15) is 18.2 Å². The minimum absolute atomic E-state index is 0.164. The van der Waals surface area contributed by atoms with Crippen LogP contribution in [0.1, 0.15) is 29.4 Å². The summed E-state index contributed by atoms with van der Waals surface area (Å²) in [5.74, 6) is 1.87. The lowest BCUT2D eigenvalue weighted by atomic mass is 10.1. The van der Waals surface area contributed by atoms with Gasteiger partial charge in [0.15, 0.2) is 0 Å². The molecule has 1 aliphatic rings. The first kappa shape index (κ1) is 11.3. The molecule has 0 saturated heterocycles. The van der Waals surface area contributed by atoms with Crippen LogP contribution >= 0.6 is 0 Å². The van der Waals surface area contributed by atoms with Crippen molar-refractivity contribution in [1.29, 1.82) is 0 Å². The second-order valence-electron chi connectivity index (χ2n) is 4.71. The minimum Gasteiger partial charge on any atom is -0.485 e. The fourth-order valence-corrected chi connectivity index (χ4v) is 2.47. The van der Waals surface area contributed by atoms with E-state index in [0.717, 1.165) is 24.4 Å². The summed E-state index contributed by atoms with van der Waals surface area (Å²) < 4.78 is 7.85. The van der Waals surface area contributed by atoms with Gasteiger partial charge in [0.2, 0.25) is 0 Å². The molecule has 1 atom stereocenters. The fourth-order valence-electron chi connectivity index (χ4n) is 2.47. The molecule has 94 valence electrons. The van der Waals surface area contributed by atoms with E-state index in [1.165, 1.54) is 11.1 Å². The highest BCUT2D eigenvalue weighted by molar-refractivity contribution is 5.44. The van der Waals surface area contributed by atoms with Gasteiger partial charge < -0.3 is 15.0 Å². The van der Waals surface area contributed by atoms with Gasteiger partial charge in [-0.25, -0.2) is 4.98 Å². The number of imidazole rings is 1. The molecule has 1 heterocycles. The highest BCUT2D eigenvalue weighted by Gasteiger charge is 2.22. The van der Waals surface area contributed by atoms with Crippen LogP contribution in [0.3, 0.4) is 0 Å². The van der Waals surface area contributed by atoms with Crippen LogP contribution in [-0.2, 0) is 20.1 Å². The zero-order valence-corrected chi connectivity index (χ0v) is 10.5. The van der Waals surface area contributed by atoms with Crippen LogP contribution in [-0.4, -0.2) is 9.55 Å². The number of fused-ring (bicyclic) bond motifs is 1. The van der Waals surface area contributed by atoms with E-state index >= 15 is 0 Å². The molecule has 1 unspecified atom stereocenters. The van der Waals surface area contributed by atoms with Crippen molar-refractivity contribution in [2.45, 2.75) is 25.5 Å². The largest absolute Gasteiger partial charge is 0.485 e. The van der Waals surface area contributed by atoms with Crippen LogP contribution in [0.2, 0.25) is 0 Å². The molecule has 3 rings (SSSR count). The summed E-state index contributed by atoms with van der Waals surface area (Å²) in [6.07, 6.45) is 5.72. The SMILES string of the molecule is Cn1ccnc1COc1cccc2c1CCC2N. The lowest BCUT2D eigenvalue weighted by molar-refractivity contribution is 0.289. The third-order valence-corrected chi connectivity index (χ3v) is 3.55. The third kappa shape index (κ3) is 1.88. The summed E-state index contributed by atoms with van der Waals surface area (Å²) in [6.45, 7) is 0.495. The van der Waals surface area contributed by atoms with Crippen LogP contribution < -0.4 is 10.5 Å². The molecule has 1 aromatic carbocycles. The lowest BCUT2D eigenvalue weighted by Gasteiger charge is -2.11. The van der Waals surface area contributed by atoms with E-state index < -0.39 is 0 Å². The van der Waals surface area contributed by atoms with Gasteiger partial charge in [-0.05, 0) is 30.0 Å². The molecule has 0 fully saturated rings. The number of hydrogen-bond acceptors (Lipinski definition) is 3. The van der Waals surface area contributed by atoms with Crippen molar-refractivity contribution in [3.63, 3.8) is 0 Å². The molecular formula is C14H17N3O. The molecule has 1 aliphatic carbocycles. The van der Waals surface area contributed by atoms with Gasteiger partial charge in [-0.1, -0.05) is 12.1 Å². The van der Waals surface area contributed by atoms with Gasteiger partial charge in [0.05, 0.1) is 0 Å². The predicted molar refractivity (Wildman–Crippen MR) is 69.2 cm³/mol. The maximum absolute atomic E-state index is 6.06. The lowest BCUT2D eigenvalue weighted by Crippen LogP contribution is -2.06. The number of aryl methyl sites for hydroxylation is 1. The Morgan fingerprint density at radius 2 is 2.39 bits per heavy atom. The normalized spacial score (nSPS) is 17.8. The molecule has 2 aromatic rings. The molecule has 0 saturated carbocycles. The van der Waals surface area contributed by atoms with Crippen LogP contribution in [0.4, 0.5) is 0 Å². The van der Waals surface area contributed by atoms with Crippen LogP contribution in [0, 0.1) is 0 Å². The van der Waals surface area contributed by atoms with Crippen molar-refractivity contribution in [1.82, 2.24) is 9.55 Å². The van der Waals surface area contributed by atoms with Crippen molar-refractivity contribution in [3.05, 3.63) is 47.5 Å². The Hall–Kier alpha value is -1.81. The monoisotopic (exact) mass is 243 g/mol. The van der Waals surface area contributed by atoms with Crippen molar-refractivity contribution < 1.29 is 4.74 Å². The Kier molecular flexibility index (Phi) is 2.80. The van der Waals surface area contributed by atoms with Gasteiger partial charge in [-0.15, -0.1) is 0 Å². The van der Waals surface area contributed by atoms with Gasteiger partial charge in [0, 0.05) is 25.5 Å². The summed E-state index contributed by atoms with van der Waals surface area (Å²) in [7, 11) is 1.97. The van der Waals surface area contributed by atoms with E-state index in [1.54, 1.807) is 6.20 Å². The number of ether oxygens (including phenoxy) is 1. The topological polar surface area (TPSA) is 53.1 Å². The molecular weight excluding hydrogens is 226 g/mol. The average molecular weight is 243 g/mol.